The highest BCUT2D eigenvalue weighted by molar-refractivity contribution is 5.93. The SMILES string of the molecule is Cc1cc(C(=O)OCC(=O)N2CCCC[C@H]2C(N)=O)c(C)n1Cc1ccco1. The van der Waals surface area contributed by atoms with E-state index >= 15 is 0 Å². The molecule has 1 aliphatic heterocycles. The van der Waals surface area contributed by atoms with Crippen molar-refractivity contribution in [2.24, 2.45) is 5.73 Å². The third-order valence-electron chi connectivity index (χ3n) is 5.17. The zero-order chi connectivity index (χ0) is 20.3. The third kappa shape index (κ3) is 4.11. The van der Waals surface area contributed by atoms with Crippen LogP contribution in [0, 0.1) is 13.8 Å². The van der Waals surface area contributed by atoms with Crippen LogP contribution in [0.2, 0.25) is 0 Å². The predicted octanol–water partition coefficient (Wildman–Crippen LogP) is 1.77. The number of esters is 1. The lowest BCUT2D eigenvalue weighted by Gasteiger charge is -2.33. The Morgan fingerprint density at radius 3 is 2.75 bits per heavy atom. The van der Waals surface area contributed by atoms with E-state index in [0.29, 0.717) is 25.1 Å². The van der Waals surface area contributed by atoms with Crippen LogP contribution in [-0.4, -0.2) is 46.4 Å². The fourth-order valence-corrected chi connectivity index (χ4v) is 3.62. The number of hydrogen-bond donors (Lipinski definition) is 1. The highest BCUT2D eigenvalue weighted by Crippen LogP contribution is 2.20. The van der Waals surface area contributed by atoms with Gasteiger partial charge >= 0.3 is 5.97 Å². The van der Waals surface area contributed by atoms with Crippen molar-refractivity contribution in [3.63, 3.8) is 0 Å². The standard InChI is InChI=1S/C20H25N3O5/c1-13-10-16(14(2)23(13)11-15-6-5-9-27-15)20(26)28-12-18(24)22-8-4-3-7-17(22)19(21)25/h5-6,9-10,17H,3-4,7-8,11-12H2,1-2H3,(H2,21,25)/t17-/m0/s1. The minimum Gasteiger partial charge on any atom is -0.467 e. The van der Waals surface area contributed by atoms with Crippen LogP contribution in [0.4, 0.5) is 0 Å². The van der Waals surface area contributed by atoms with Crippen molar-refractivity contribution in [3.05, 3.63) is 47.2 Å². The summed E-state index contributed by atoms with van der Waals surface area (Å²) in [5, 5.41) is 0. The number of primary amides is 1. The van der Waals surface area contributed by atoms with Gasteiger partial charge in [-0.3, -0.25) is 9.59 Å². The molecule has 2 aromatic rings. The molecule has 1 saturated heterocycles. The first kappa shape index (κ1) is 19.7. The quantitative estimate of drug-likeness (QED) is 0.760. The van der Waals surface area contributed by atoms with Crippen molar-refractivity contribution in [1.29, 1.82) is 0 Å². The molecule has 0 radical (unpaired) electrons. The molecule has 150 valence electrons. The minimum absolute atomic E-state index is 0.402. The first-order chi connectivity index (χ1) is 13.4. The van der Waals surface area contributed by atoms with Gasteiger partial charge in [0.1, 0.15) is 11.8 Å². The van der Waals surface area contributed by atoms with Crippen LogP contribution in [0.25, 0.3) is 0 Å². The van der Waals surface area contributed by atoms with E-state index in [9.17, 15) is 14.4 Å². The lowest BCUT2D eigenvalue weighted by Crippen LogP contribution is -2.51. The fourth-order valence-electron chi connectivity index (χ4n) is 3.62. The Hall–Kier alpha value is -3.03. The summed E-state index contributed by atoms with van der Waals surface area (Å²) in [4.78, 5) is 37.9. The molecule has 3 rings (SSSR count). The van der Waals surface area contributed by atoms with E-state index in [-0.39, 0.29) is 0 Å². The molecule has 0 bridgehead atoms. The molecule has 0 aliphatic carbocycles. The Labute approximate surface area is 163 Å². The van der Waals surface area contributed by atoms with Gasteiger partial charge in [0.25, 0.3) is 5.91 Å². The molecule has 8 nitrogen and oxygen atoms in total. The topological polar surface area (TPSA) is 108 Å². The van der Waals surface area contributed by atoms with Crippen molar-refractivity contribution in [2.75, 3.05) is 13.2 Å². The highest BCUT2D eigenvalue weighted by Gasteiger charge is 2.31. The fraction of sp³-hybridized carbons (Fsp3) is 0.450. The Morgan fingerprint density at radius 1 is 1.29 bits per heavy atom. The molecule has 0 saturated carbocycles. The van der Waals surface area contributed by atoms with E-state index in [1.54, 1.807) is 12.3 Å². The molecule has 28 heavy (non-hydrogen) atoms. The van der Waals surface area contributed by atoms with E-state index in [2.05, 4.69) is 0 Å². The average molecular weight is 387 g/mol. The smallest absolute Gasteiger partial charge is 0.340 e. The molecule has 2 amide bonds. The van der Waals surface area contributed by atoms with E-state index in [4.69, 9.17) is 14.9 Å². The van der Waals surface area contributed by atoms with Gasteiger partial charge in [0.05, 0.1) is 18.4 Å². The van der Waals surface area contributed by atoms with E-state index in [0.717, 1.165) is 30.0 Å². The second-order valence-electron chi connectivity index (χ2n) is 7.03. The largest absolute Gasteiger partial charge is 0.467 e. The van der Waals surface area contributed by atoms with Gasteiger partial charge in [0, 0.05) is 17.9 Å². The summed E-state index contributed by atoms with van der Waals surface area (Å²) < 4.78 is 12.6. The van der Waals surface area contributed by atoms with Crippen LogP contribution in [0.15, 0.2) is 28.9 Å². The van der Waals surface area contributed by atoms with Crippen molar-refractivity contribution in [1.82, 2.24) is 9.47 Å². The summed E-state index contributed by atoms with van der Waals surface area (Å²) in [6.45, 7) is 4.25. The Bertz CT molecular complexity index is 869. The summed E-state index contributed by atoms with van der Waals surface area (Å²) in [6, 6.07) is 4.78. The van der Waals surface area contributed by atoms with E-state index in [1.165, 1.54) is 4.90 Å². The molecule has 2 N–H and O–H groups in total. The first-order valence-corrected chi connectivity index (χ1v) is 9.33. The van der Waals surface area contributed by atoms with Crippen molar-refractivity contribution < 1.29 is 23.5 Å². The maximum Gasteiger partial charge on any atom is 0.340 e. The molecule has 1 atom stereocenters. The Kier molecular flexibility index (Phi) is 5.87. The number of carbonyl (C=O) groups is 3. The zero-order valence-corrected chi connectivity index (χ0v) is 16.1. The lowest BCUT2D eigenvalue weighted by molar-refractivity contribution is -0.143. The number of furan rings is 1. The number of rotatable bonds is 6. The number of nitrogens with zero attached hydrogens (tertiary/aromatic N) is 2. The maximum atomic E-state index is 12.5. The molecule has 0 aromatic carbocycles. The van der Waals surface area contributed by atoms with Crippen LogP contribution >= 0.6 is 0 Å². The number of ether oxygens (including phenoxy) is 1. The summed E-state index contributed by atoms with van der Waals surface area (Å²) >= 11 is 0. The summed E-state index contributed by atoms with van der Waals surface area (Å²) in [5.74, 6) is -0.721. The molecule has 0 unspecified atom stereocenters. The van der Waals surface area contributed by atoms with Gasteiger partial charge < -0.3 is 24.4 Å². The highest BCUT2D eigenvalue weighted by atomic mass is 16.5. The average Bonchev–Trinajstić information content (AvgIpc) is 3.29. The molecule has 2 aromatic heterocycles. The van der Waals surface area contributed by atoms with E-state index in [1.807, 2.05) is 30.5 Å². The maximum absolute atomic E-state index is 12.5. The van der Waals surface area contributed by atoms with Crippen LogP contribution in [0.5, 0.6) is 0 Å². The molecule has 8 heteroatoms. The lowest BCUT2D eigenvalue weighted by atomic mass is 10.0. The monoisotopic (exact) mass is 387 g/mol. The molecular formula is C20H25N3O5. The number of aromatic nitrogens is 1. The Balaban J connectivity index is 1.65. The van der Waals surface area contributed by atoms with Gasteiger partial charge in [-0.1, -0.05) is 0 Å². The van der Waals surface area contributed by atoms with Gasteiger partial charge in [0.2, 0.25) is 5.91 Å². The van der Waals surface area contributed by atoms with Gasteiger partial charge in [0.15, 0.2) is 6.61 Å². The number of hydrogen-bond acceptors (Lipinski definition) is 5. The second kappa shape index (κ2) is 8.33. The molecule has 3 heterocycles. The summed E-state index contributed by atoms with van der Waals surface area (Å²) in [7, 11) is 0. The Morgan fingerprint density at radius 2 is 2.07 bits per heavy atom. The van der Waals surface area contributed by atoms with Gasteiger partial charge in [-0.2, -0.15) is 0 Å². The first-order valence-electron chi connectivity index (χ1n) is 9.33. The van der Waals surface area contributed by atoms with Crippen LogP contribution < -0.4 is 5.73 Å². The van der Waals surface area contributed by atoms with Crippen molar-refractivity contribution >= 4 is 17.8 Å². The van der Waals surface area contributed by atoms with Crippen molar-refractivity contribution in [2.45, 2.75) is 45.7 Å². The second-order valence-corrected chi connectivity index (χ2v) is 7.03. The van der Waals surface area contributed by atoms with Crippen LogP contribution in [0.1, 0.15) is 46.8 Å². The molecule has 1 fully saturated rings. The number of likely N-dealkylation sites (tertiary alicyclic amines) is 1. The zero-order valence-electron chi connectivity index (χ0n) is 16.1. The molecular weight excluding hydrogens is 362 g/mol. The van der Waals surface area contributed by atoms with Crippen LogP contribution in [0.3, 0.4) is 0 Å². The number of nitrogens with two attached hydrogens (primary N) is 1. The van der Waals surface area contributed by atoms with E-state index < -0.39 is 30.4 Å². The normalized spacial score (nSPS) is 16.8. The number of aryl methyl sites for hydroxylation is 1. The summed E-state index contributed by atoms with van der Waals surface area (Å²) in [5.41, 5.74) is 7.41. The summed E-state index contributed by atoms with van der Waals surface area (Å²) in [6.07, 6.45) is 3.80. The number of amides is 2. The predicted molar refractivity (Wildman–Crippen MR) is 101 cm³/mol. The van der Waals surface area contributed by atoms with Crippen molar-refractivity contribution in [3.8, 4) is 0 Å². The molecule has 0 spiro atoms. The number of piperidine rings is 1. The molecule has 1 aliphatic rings. The van der Waals surface area contributed by atoms with Gasteiger partial charge in [-0.25, -0.2) is 4.79 Å². The van der Waals surface area contributed by atoms with Crippen LogP contribution in [-0.2, 0) is 20.9 Å². The third-order valence-corrected chi connectivity index (χ3v) is 5.17. The van der Waals surface area contributed by atoms with Gasteiger partial charge in [-0.05, 0) is 51.3 Å². The minimum atomic E-state index is -0.627. The van der Waals surface area contributed by atoms with Gasteiger partial charge in [-0.15, -0.1) is 0 Å². The number of carbonyl (C=O) groups excluding carboxylic acids is 3.